The number of nitrogens with one attached hydrogen (secondary N) is 1. The lowest BCUT2D eigenvalue weighted by atomic mass is 10.1. The van der Waals surface area contributed by atoms with Crippen LogP contribution in [0.2, 0.25) is 0 Å². The van der Waals surface area contributed by atoms with E-state index in [1.54, 1.807) is 29.2 Å². The second-order valence-electron chi connectivity index (χ2n) is 5.88. The smallest absolute Gasteiger partial charge is 0.252 e. The highest BCUT2D eigenvalue weighted by atomic mass is 32.2. The molecular weight excluding hydrogens is 362 g/mol. The first-order valence-electron chi connectivity index (χ1n) is 8.30. The zero-order valence-corrected chi connectivity index (χ0v) is 15.5. The summed E-state index contributed by atoms with van der Waals surface area (Å²) in [6.07, 6.45) is 3.10. The molecule has 3 rings (SSSR count). The van der Waals surface area contributed by atoms with Gasteiger partial charge in [0, 0.05) is 4.90 Å². The summed E-state index contributed by atoms with van der Waals surface area (Å²) in [4.78, 5) is 28.4. The van der Waals surface area contributed by atoms with Crippen molar-refractivity contribution in [3.8, 4) is 5.69 Å². The first-order chi connectivity index (χ1) is 13.0. The van der Waals surface area contributed by atoms with Crippen molar-refractivity contribution in [2.75, 3.05) is 5.75 Å². The second kappa shape index (κ2) is 8.50. The quantitative estimate of drug-likeness (QED) is 0.612. The fourth-order valence-electron chi connectivity index (χ4n) is 2.54. The van der Waals surface area contributed by atoms with Gasteiger partial charge in [0.1, 0.15) is 12.7 Å². The van der Waals surface area contributed by atoms with Crippen molar-refractivity contribution in [3.63, 3.8) is 0 Å². The summed E-state index contributed by atoms with van der Waals surface area (Å²) in [6.45, 7) is 1.92. The SMILES string of the molecule is CC(NC(=O)c1ccccc1SCC(N)=O)c1ccc(-n2cncn2)cc1. The maximum atomic E-state index is 12.7. The molecule has 0 saturated carbocycles. The minimum absolute atomic E-state index is 0.129. The molecule has 1 heterocycles. The normalized spacial score (nSPS) is 11.7. The summed E-state index contributed by atoms with van der Waals surface area (Å²) in [5.74, 6) is -0.490. The summed E-state index contributed by atoms with van der Waals surface area (Å²) in [5, 5.41) is 7.08. The van der Waals surface area contributed by atoms with Gasteiger partial charge in [-0.2, -0.15) is 5.10 Å². The van der Waals surface area contributed by atoms with Crippen molar-refractivity contribution in [1.82, 2.24) is 20.1 Å². The van der Waals surface area contributed by atoms with E-state index in [2.05, 4.69) is 15.4 Å². The largest absolute Gasteiger partial charge is 0.369 e. The Morgan fingerprint density at radius 3 is 2.59 bits per heavy atom. The number of nitrogens with two attached hydrogens (primary N) is 1. The Morgan fingerprint density at radius 1 is 1.19 bits per heavy atom. The highest BCUT2D eigenvalue weighted by Crippen LogP contribution is 2.23. The summed E-state index contributed by atoms with van der Waals surface area (Å²) in [7, 11) is 0. The Kier molecular flexibility index (Phi) is 5.87. The number of hydrogen-bond donors (Lipinski definition) is 2. The van der Waals surface area contributed by atoms with Gasteiger partial charge in [0.2, 0.25) is 5.91 Å². The average Bonchev–Trinajstić information content (AvgIpc) is 3.21. The Labute approximate surface area is 161 Å². The van der Waals surface area contributed by atoms with E-state index in [1.807, 2.05) is 37.3 Å². The van der Waals surface area contributed by atoms with E-state index >= 15 is 0 Å². The van der Waals surface area contributed by atoms with Crippen LogP contribution in [0.4, 0.5) is 0 Å². The van der Waals surface area contributed by atoms with E-state index in [0.29, 0.717) is 5.56 Å². The van der Waals surface area contributed by atoms with Gasteiger partial charge in [0.15, 0.2) is 0 Å². The molecule has 0 saturated heterocycles. The number of hydrogen-bond acceptors (Lipinski definition) is 5. The number of nitrogens with zero attached hydrogens (tertiary/aromatic N) is 3. The zero-order valence-electron chi connectivity index (χ0n) is 14.7. The number of rotatable bonds is 7. The van der Waals surface area contributed by atoms with Crippen LogP contribution in [0.25, 0.3) is 5.69 Å². The summed E-state index contributed by atoms with van der Waals surface area (Å²) in [6, 6.07) is 14.7. The molecule has 2 amide bonds. The lowest BCUT2D eigenvalue weighted by molar-refractivity contribution is -0.115. The Bertz CT molecular complexity index is 926. The molecule has 1 unspecified atom stereocenters. The lowest BCUT2D eigenvalue weighted by Crippen LogP contribution is -2.27. The van der Waals surface area contributed by atoms with Crippen molar-refractivity contribution >= 4 is 23.6 Å². The molecule has 7 nitrogen and oxygen atoms in total. The number of carbonyl (C=O) groups is 2. The predicted octanol–water partition coefficient (Wildman–Crippen LogP) is 2.34. The first-order valence-corrected chi connectivity index (χ1v) is 9.29. The van der Waals surface area contributed by atoms with Crippen LogP contribution in [0, 0.1) is 0 Å². The third-order valence-electron chi connectivity index (χ3n) is 3.93. The highest BCUT2D eigenvalue weighted by molar-refractivity contribution is 8.00. The first kappa shape index (κ1) is 18.7. The Balaban J connectivity index is 1.70. The fraction of sp³-hybridized carbons (Fsp3) is 0.158. The van der Waals surface area contributed by atoms with E-state index in [9.17, 15) is 9.59 Å². The van der Waals surface area contributed by atoms with Crippen molar-refractivity contribution in [2.24, 2.45) is 5.73 Å². The average molecular weight is 381 g/mol. The number of amides is 2. The summed E-state index contributed by atoms with van der Waals surface area (Å²) in [5.41, 5.74) is 7.58. The van der Waals surface area contributed by atoms with Crippen LogP contribution in [-0.4, -0.2) is 32.3 Å². The highest BCUT2D eigenvalue weighted by Gasteiger charge is 2.15. The molecule has 0 aliphatic carbocycles. The van der Waals surface area contributed by atoms with Gasteiger partial charge in [-0.15, -0.1) is 11.8 Å². The molecule has 1 atom stereocenters. The molecule has 0 bridgehead atoms. The summed E-state index contributed by atoms with van der Waals surface area (Å²) >= 11 is 1.26. The lowest BCUT2D eigenvalue weighted by Gasteiger charge is -2.16. The van der Waals surface area contributed by atoms with Gasteiger partial charge in [-0.05, 0) is 36.8 Å². The molecule has 1 aromatic heterocycles. The van der Waals surface area contributed by atoms with Gasteiger partial charge >= 0.3 is 0 Å². The van der Waals surface area contributed by atoms with E-state index in [-0.39, 0.29) is 17.7 Å². The van der Waals surface area contributed by atoms with Crippen LogP contribution in [0.1, 0.15) is 28.9 Å². The zero-order chi connectivity index (χ0) is 19.2. The molecule has 0 aliphatic rings. The topological polar surface area (TPSA) is 103 Å². The molecule has 3 aromatic rings. The second-order valence-corrected chi connectivity index (χ2v) is 6.90. The van der Waals surface area contributed by atoms with Crippen LogP contribution < -0.4 is 11.1 Å². The van der Waals surface area contributed by atoms with Gasteiger partial charge in [0.25, 0.3) is 5.91 Å². The number of thioether (sulfide) groups is 1. The number of carbonyl (C=O) groups excluding carboxylic acids is 2. The molecule has 2 aromatic carbocycles. The van der Waals surface area contributed by atoms with Crippen molar-refractivity contribution < 1.29 is 9.59 Å². The van der Waals surface area contributed by atoms with Crippen LogP contribution in [0.5, 0.6) is 0 Å². The fourth-order valence-corrected chi connectivity index (χ4v) is 3.33. The maximum Gasteiger partial charge on any atom is 0.252 e. The predicted molar refractivity (Wildman–Crippen MR) is 104 cm³/mol. The molecule has 27 heavy (non-hydrogen) atoms. The maximum absolute atomic E-state index is 12.7. The van der Waals surface area contributed by atoms with Crippen LogP contribution in [0.15, 0.2) is 66.1 Å². The third-order valence-corrected chi connectivity index (χ3v) is 5.02. The van der Waals surface area contributed by atoms with E-state index in [1.165, 1.54) is 18.1 Å². The molecule has 138 valence electrons. The van der Waals surface area contributed by atoms with Crippen LogP contribution >= 0.6 is 11.8 Å². The molecule has 0 spiro atoms. The van der Waals surface area contributed by atoms with Crippen LogP contribution in [-0.2, 0) is 4.79 Å². The standard InChI is InChI=1S/C19H19N5O2S/c1-13(14-6-8-15(9-7-14)24-12-21-11-22-24)23-19(26)16-4-2-3-5-17(16)27-10-18(20)25/h2-9,11-13H,10H2,1H3,(H2,20,25)(H,23,26). The van der Waals surface area contributed by atoms with Crippen molar-refractivity contribution in [2.45, 2.75) is 17.9 Å². The molecule has 8 heteroatoms. The van der Waals surface area contributed by atoms with E-state index in [0.717, 1.165) is 16.1 Å². The number of primary amides is 1. The van der Waals surface area contributed by atoms with Crippen LogP contribution in [0.3, 0.4) is 0 Å². The number of aromatic nitrogens is 3. The van der Waals surface area contributed by atoms with Crippen molar-refractivity contribution in [3.05, 3.63) is 72.3 Å². The number of benzene rings is 2. The molecule has 3 N–H and O–H groups in total. The van der Waals surface area contributed by atoms with Gasteiger partial charge in [-0.1, -0.05) is 24.3 Å². The summed E-state index contributed by atoms with van der Waals surface area (Å²) < 4.78 is 1.67. The Hall–Kier alpha value is -3.13. The van der Waals surface area contributed by atoms with Gasteiger partial charge < -0.3 is 11.1 Å². The molecule has 0 fully saturated rings. The minimum Gasteiger partial charge on any atom is -0.369 e. The van der Waals surface area contributed by atoms with Gasteiger partial charge in [-0.3, -0.25) is 9.59 Å². The third kappa shape index (κ3) is 4.73. The van der Waals surface area contributed by atoms with E-state index in [4.69, 9.17) is 5.73 Å². The minimum atomic E-state index is -0.420. The molecule has 0 radical (unpaired) electrons. The van der Waals surface area contributed by atoms with Gasteiger partial charge in [0.05, 0.1) is 23.0 Å². The van der Waals surface area contributed by atoms with Crippen molar-refractivity contribution in [1.29, 1.82) is 0 Å². The van der Waals surface area contributed by atoms with E-state index < -0.39 is 5.91 Å². The Morgan fingerprint density at radius 2 is 1.93 bits per heavy atom. The molecular formula is C19H19N5O2S. The molecule has 0 aliphatic heterocycles. The monoisotopic (exact) mass is 381 g/mol. The van der Waals surface area contributed by atoms with Gasteiger partial charge in [-0.25, -0.2) is 9.67 Å².